The Morgan fingerprint density at radius 2 is 1.95 bits per heavy atom. The highest BCUT2D eigenvalue weighted by Gasteiger charge is 2.14. The Hall–Kier alpha value is -2.01. The molecule has 0 aliphatic carbocycles. The van der Waals surface area contributed by atoms with E-state index in [1.165, 1.54) is 17.8 Å². The smallest absolute Gasteiger partial charge is 0.237 e. The van der Waals surface area contributed by atoms with Gasteiger partial charge in [0.2, 0.25) is 5.91 Å². The second-order valence-corrected chi connectivity index (χ2v) is 5.47. The Kier molecular flexibility index (Phi) is 5.22. The minimum atomic E-state index is -0.393. The van der Waals surface area contributed by atoms with Crippen LogP contribution in [0.15, 0.2) is 53.4 Å². The number of halogens is 1. The number of thioether (sulfide) groups is 1. The van der Waals surface area contributed by atoms with Crippen molar-refractivity contribution in [3.63, 3.8) is 0 Å². The Bertz CT molecular complexity index is 619. The number of rotatable bonds is 5. The number of para-hydroxylation sites is 1. The first kappa shape index (κ1) is 15.4. The molecule has 0 saturated carbocycles. The Labute approximate surface area is 127 Å². The summed E-state index contributed by atoms with van der Waals surface area (Å²) in [4.78, 5) is 14.4. The summed E-state index contributed by atoms with van der Waals surface area (Å²) in [5.41, 5.74) is 6.73. The SMILES string of the molecule is CCN(C(=O)CSc1ccc(N)cc1F)c1ccccc1. The molecule has 2 N–H and O–H groups in total. The van der Waals surface area contributed by atoms with Gasteiger partial charge in [0.25, 0.3) is 0 Å². The monoisotopic (exact) mass is 304 g/mol. The summed E-state index contributed by atoms with van der Waals surface area (Å²) in [6.07, 6.45) is 0. The van der Waals surface area contributed by atoms with Crippen molar-refractivity contribution in [2.75, 3.05) is 22.9 Å². The summed E-state index contributed by atoms with van der Waals surface area (Å²) in [5.74, 6) is -0.260. The van der Waals surface area contributed by atoms with Crippen LogP contribution < -0.4 is 10.6 Å². The number of carbonyl (C=O) groups excluding carboxylic acids is 1. The van der Waals surface area contributed by atoms with Crippen LogP contribution in [0.4, 0.5) is 15.8 Å². The minimum absolute atomic E-state index is 0.0510. The lowest BCUT2D eigenvalue weighted by Gasteiger charge is -2.20. The fraction of sp³-hybridized carbons (Fsp3) is 0.188. The highest BCUT2D eigenvalue weighted by Crippen LogP contribution is 2.24. The predicted molar refractivity (Wildman–Crippen MR) is 86.0 cm³/mol. The number of hydrogen-bond donors (Lipinski definition) is 1. The third-order valence-electron chi connectivity index (χ3n) is 2.99. The van der Waals surface area contributed by atoms with E-state index in [1.54, 1.807) is 17.0 Å². The van der Waals surface area contributed by atoms with Gasteiger partial charge in [-0.2, -0.15) is 0 Å². The van der Waals surface area contributed by atoms with Crippen LogP contribution in [0.5, 0.6) is 0 Å². The van der Waals surface area contributed by atoms with E-state index in [2.05, 4.69) is 0 Å². The molecule has 0 unspecified atom stereocenters. The van der Waals surface area contributed by atoms with Crippen LogP contribution in [0.25, 0.3) is 0 Å². The fourth-order valence-electron chi connectivity index (χ4n) is 1.96. The second-order valence-electron chi connectivity index (χ2n) is 4.45. The van der Waals surface area contributed by atoms with Crippen LogP contribution in [0.2, 0.25) is 0 Å². The van der Waals surface area contributed by atoms with Crippen LogP contribution in [-0.2, 0) is 4.79 Å². The molecule has 1 amide bonds. The number of hydrogen-bond acceptors (Lipinski definition) is 3. The number of anilines is 2. The Morgan fingerprint density at radius 1 is 1.24 bits per heavy atom. The van der Waals surface area contributed by atoms with E-state index < -0.39 is 5.82 Å². The largest absolute Gasteiger partial charge is 0.399 e. The van der Waals surface area contributed by atoms with Gasteiger partial charge in [0.05, 0.1) is 5.75 Å². The first-order valence-corrected chi connectivity index (χ1v) is 7.63. The molecule has 0 heterocycles. The fourth-order valence-corrected chi connectivity index (χ4v) is 2.76. The van der Waals surface area contributed by atoms with Crippen molar-refractivity contribution in [1.82, 2.24) is 0 Å². The number of carbonyl (C=O) groups is 1. The molecular weight excluding hydrogens is 287 g/mol. The summed E-state index contributed by atoms with van der Waals surface area (Å²) >= 11 is 1.18. The number of nitrogens with two attached hydrogens (primary N) is 1. The molecule has 2 aromatic rings. The van der Waals surface area contributed by atoms with E-state index in [9.17, 15) is 9.18 Å². The standard InChI is InChI=1S/C16H17FN2OS/c1-2-19(13-6-4-3-5-7-13)16(20)11-21-15-9-8-12(18)10-14(15)17/h3-10H,2,11,18H2,1H3. The van der Waals surface area contributed by atoms with Crippen LogP contribution in [-0.4, -0.2) is 18.2 Å². The number of benzene rings is 2. The molecule has 0 radical (unpaired) electrons. The van der Waals surface area contributed by atoms with Crippen LogP contribution in [0, 0.1) is 5.82 Å². The van der Waals surface area contributed by atoms with Crippen molar-refractivity contribution >= 4 is 29.0 Å². The maximum Gasteiger partial charge on any atom is 0.237 e. The van der Waals surface area contributed by atoms with Crippen molar-refractivity contribution in [2.24, 2.45) is 0 Å². The molecule has 0 bridgehead atoms. The molecule has 3 nitrogen and oxygen atoms in total. The first-order chi connectivity index (χ1) is 10.1. The van der Waals surface area contributed by atoms with Crippen LogP contribution >= 0.6 is 11.8 Å². The van der Waals surface area contributed by atoms with Gasteiger partial charge in [0.15, 0.2) is 0 Å². The molecule has 110 valence electrons. The molecule has 0 fully saturated rings. The molecule has 21 heavy (non-hydrogen) atoms. The zero-order valence-electron chi connectivity index (χ0n) is 11.8. The lowest BCUT2D eigenvalue weighted by atomic mass is 10.3. The van der Waals surface area contributed by atoms with E-state index in [0.29, 0.717) is 17.1 Å². The van der Waals surface area contributed by atoms with Crippen LogP contribution in [0.3, 0.4) is 0 Å². The quantitative estimate of drug-likeness (QED) is 0.678. The number of nitrogens with zero attached hydrogens (tertiary/aromatic N) is 1. The van der Waals surface area contributed by atoms with Gasteiger partial charge in [0, 0.05) is 22.8 Å². The number of nitrogen functional groups attached to an aromatic ring is 1. The van der Waals surface area contributed by atoms with Gasteiger partial charge >= 0.3 is 0 Å². The number of amides is 1. The lowest BCUT2D eigenvalue weighted by molar-refractivity contribution is -0.116. The normalized spacial score (nSPS) is 10.4. The Balaban J connectivity index is 2.03. The van der Waals surface area contributed by atoms with Gasteiger partial charge in [-0.1, -0.05) is 18.2 Å². The molecule has 0 saturated heterocycles. The van der Waals surface area contributed by atoms with Gasteiger partial charge in [-0.05, 0) is 37.3 Å². The van der Waals surface area contributed by atoms with Crippen molar-refractivity contribution in [3.8, 4) is 0 Å². The van der Waals surface area contributed by atoms with E-state index >= 15 is 0 Å². The average Bonchev–Trinajstić information content (AvgIpc) is 2.48. The maximum atomic E-state index is 13.7. The highest BCUT2D eigenvalue weighted by atomic mass is 32.2. The van der Waals surface area contributed by atoms with Crippen molar-refractivity contribution < 1.29 is 9.18 Å². The molecule has 2 aromatic carbocycles. The van der Waals surface area contributed by atoms with Crippen molar-refractivity contribution in [2.45, 2.75) is 11.8 Å². The van der Waals surface area contributed by atoms with E-state index in [-0.39, 0.29) is 11.7 Å². The second kappa shape index (κ2) is 7.13. The summed E-state index contributed by atoms with van der Waals surface area (Å²) in [5, 5.41) is 0. The van der Waals surface area contributed by atoms with Crippen molar-refractivity contribution in [1.29, 1.82) is 0 Å². The zero-order valence-corrected chi connectivity index (χ0v) is 12.6. The third kappa shape index (κ3) is 3.98. The highest BCUT2D eigenvalue weighted by molar-refractivity contribution is 8.00. The first-order valence-electron chi connectivity index (χ1n) is 6.65. The summed E-state index contributed by atoms with van der Waals surface area (Å²) < 4.78 is 13.7. The average molecular weight is 304 g/mol. The molecule has 0 spiro atoms. The van der Waals surface area contributed by atoms with Gasteiger partial charge in [-0.3, -0.25) is 4.79 Å². The zero-order chi connectivity index (χ0) is 15.2. The lowest BCUT2D eigenvalue weighted by Crippen LogP contribution is -2.32. The molecule has 0 aromatic heterocycles. The minimum Gasteiger partial charge on any atom is -0.399 e. The maximum absolute atomic E-state index is 13.7. The van der Waals surface area contributed by atoms with Crippen LogP contribution in [0.1, 0.15) is 6.92 Å². The summed E-state index contributed by atoms with van der Waals surface area (Å²) in [6.45, 7) is 2.49. The van der Waals surface area contributed by atoms with Crippen molar-refractivity contribution in [3.05, 3.63) is 54.3 Å². The summed E-state index contributed by atoms with van der Waals surface area (Å²) in [7, 11) is 0. The topological polar surface area (TPSA) is 46.3 Å². The van der Waals surface area contributed by atoms with Gasteiger partial charge in [0.1, 0.15) is 5.82 Å². The summed E-state index contributed by atoms with van der Waals surface area (Å²) in [6, 6.07) is 13.9. The van der Waals surface area contributed by atoms with Gasteiger partial charge in [-0.15, -0.1) is 11.8 Å². The molecule has 0 atom stereocenters. The third-order valence-corrected chi connectivity index (χ3v) is 4.03. The molecule has 5 heteroatoms. The van der Waals surface area contributed by atoms with E-state index in [4.69, 9.17) is 5.73 Å². The Morgan fingerprint density at radius 3 is 2.57 bits per heavy atom. The molecule has 0 aliphatic heterocycles. The molecular formula is C16H17FN2OS. The molecule has 0 aliphatic rings. The van der Waals surface area contributed by atoms with E-state index in [1.807, 2.05) is 37.3 Å². The van der Waals surface area contributed by atoms with Gasteiger partial charge < -0.3 is 10.6 Å². The molecule has 2 rings (SSSR count). The van der Waals surface area contributed by atoms with E-state index in [0.717, 1.165) is 5.69 Å². The van der Waals surface area contributed by atoms with Gasteiger partial charge in [-0.25, -0.2) is 4.39 Å². The predicted octanol–water partition coefficient (Wildman–Crippen LogP) is 3.55.